The zero-order valence-corrected chi connectivity index (χ0v) is 23.0. The van der Waals surface area contributed by atoms with Crippen molar-refractivity contribution in [1.29, 1.82) is 0 Å². The van der Waals surface area contributed by atoms with E-state index >= 15 is 0 Å². The van der Waals surface area contributed by atoms with Crippen molar-refractivity contribution in [3.8, 4) is 17.2 Å². The van der Waals surface area contributed by atoms with Crippen LogP contribution < -0.4 is 14.2 Å². The fourth-order valence-electron chi connectivity index (χ4n) is 5.01. The van der Waals surface area contributed by atoms with Crippen molar-refractivity contribution in [1.82, 2.24) is 9.80 Å². The molecule has 8 heteroatoms. The number of oxime groups is 1. The van der Waals surface area contributed by atoms with Crippen LogP contribution in [0.4, 0.5) is 0 Å². The Bertz CT molecular complexity index is 987. The topological polar surface area (TPSA) is 65.0 Å². The van der Waals surface area contributed by atoms with Crippen LogP contribution in [0.15, 0.2) is 47.6 Å². The molecular formula is C30H43N3O5. The Morgan fingerprint density at radius 3 is 2.42 bits per heavy atom. The Hall–Kier alpha value is -2.81. The van der Waals surface area contributed by atoms with E-state index in [1.165, 1.54) is 6.42 Å². The van der Waals surface area contributed by atoms with Crippen LogP contribution in [0.1, 0.15) is 43.2 Å². The molecule has 2 aromatic carbocycles. The summed E-state index contributed by atoms with van der Waals surface area (Å²) in [5.41, 5.74) is 2.04. The van der Waals surface area contributed by atoms with Crippen molar-refractivity contribution in [3.63, 3.8) is 0 Å². The van der Waals surface area contributed by atoms with Crippen molar-refractivity contribution in [2.24, 2.45) is 5.16 Å². The normalized spacial score (nSPS) is 23.9. The second-order valence-corrected chi connectivity index (χ2v) is 9.92. The Morgan fingerprint density at radius 1 is 0.842 bits per heavy atom. The van der Waals surface area contributed by atoms with Crippen LogP contribution in [0.5, 0.6) is 17.2 Å². The lowest BCUT2D eigenvalue weighted by molar-refractivity contribution is 0.0363. The van der Waals surface area contributed by atoms with E-state index in [1.54, 1.807) is 20.4 Å². The van der Waals surface area contributed by atoms with E-state index < -0.39 is 0 Å². The van der Waals surface area contributed by atoms with E-state index in [-0.39, 0.29) is 6.10 Å². The van der Waals surface area contributed by atoms with E-state index in [9.17, 15) is 0 Å². The highest BCUT2D eigenvalue weighted by Crippen LogP contribution is 2.38. The first-order valence-corrected chi connectivity index (χ1v) is 13.9. The summed E-state index contributed by atoms with van der Waals surface area (Å²) < 4.78 is 23.4. The highest BCUT2D eigenvalue weighted by Gasteiger charge is 2.19. The van der Waals surface area contributed by atoms with E-state index in [1.807, 2.05) is 42.5 Å². The van der Waals surface area contributed by atoms with Crippen LogP contribution >= 0.6 is 0 Å². The number of benzene rings is 2. The molecule has 2 aliphatic heterocycles. The van der Waals surface area contributed by atoms with Crippen LogP contribution in [0.25, 0.3) is 0 Å². The van der Waals surface area contributed by atoms with Gasteiger partial charge in [-0.05, 0) is 68.5 Å². The third kappa shape index (κ3) is 8.89. The lowest BCUT2D eigenvalue weighted by Gasteiger charge is -2.23. The molecule has 8 nitrogen and oxygen atoms in total. The predicted octanol–water partition coefficient (Wildman–Crippen LogP) is 4.60. The Labute approximate surface area is 227 Å². The Morgan fingerprint density at radius 2 is 1.63 bits per heavy atom. The van der Waals surface area contributed by atoms with Gasteiger partial charge >= 0.3 is 0 Å². The predicted molar refractivity (Wildman–Crippen MR) is 150 cm³/mol. The van der Waals surface area contributed by atoms with Gasteiger partial charge in [-0.2, -0.15) is 0 Å². The zero-order valence-electron chi connectivity index (χ0n) is 23.0. The summed E-state index contributed by atoms with van der Waals surface area (Å²) in [6.07, 6.45) is 6.66. The number of fused-ring (bicyclic) bond motifs is 5. The number of rotatable bonds is 5. The number of hydrogen-bond acceptors (Lipinski definition) is 8. The van der Waals surface area contributed by atoms with Crippen molar-refractivity contribution in [2.45, 2.75) is 44.8 Å². The van der Waals surface area contributed by atoms with Crippen LogP contribution in [0.2, 0.25) is 0 Å². The molecule has 4 rings (SSSR count). The van der Waals surface area contributed by atoms with Gasteiger partial charge in [0.1, 0.15) is 6.10 Å². The van der Waals surface area contributed by atoms with E-state index in [0.717, 1.165) is 82.7 Å². The van der Waals surface area contributed by atoms with Gasteiger partial charge in [0.25, 0.3) is 0 Å². The summed E-state index contributed by atoms with van der Waals surface area (Å²) in [5.74, 6) is 1.94. The third-order valence-corrected chi connectivity index (χ3v) is 7.12. The minimum atomic E-state index is 0.0242. The van der Waals surface area contributed by atoms with Crippen LogP contribution in [-0.2, 0) is 16.2 Å². The van der Waals surface area contributed by atoms with Gasteiger partial charge in [-0.15, -0.1) is 0 Å². The average Bonchev–Trinajstić information content (AvgIpc) is 3.18. The quantitative estimate of drug-likeness (QED) is 0.418. The average molecular weight is 526 g/mol. The smallest absolute Gasteiger partial charge is 0.203 e. The summed E-state index contributed by atoms with van der Waals surface area (Å²) in [6, 6.07) is 14.0. The monoisotopic (exact) mass is 525 g/mol. The van der Waals surface area contributed by atoms with Gasteiger partial charge in [0, 0.05) is 32.8 Å². The van der Waals surface area contributed by atoms with Crippen LogP contribution in [0, 0.1) is 0 Å². The molecule has 0 aromatic heterocycles. The standard InChI is InChI=1S/C30H43N3O5/c1-34-28-21-26-22-29(30(28)35-2)37-20-6-11-27(38-31-23-25-9-4-3-5-10-25)12-16-33-14-7-13-32(17-18-33)15-8-19-36-24-26/h3-5,9-10,21-23,27H,6-8,11-20,24H2,1-2H3/b31-23+. The first kappa shape index (κ1) is 28.2. The molecule has 4 bridgehead atoms. The summed E-state index contributed by atoms with van der Waals surface area (Å²) in [6.45, 7) is 8.34. The molecule has 1 fully saturated rings. The number of hydrogen-bond donors (Lipinski definition) is 0. The molecule has 1 saturated heterocycles. The number of methoxy groups -OCH3 is 2. The van der Waals surface area contributed by atoms with Crippen molar-refractivity contribution in [3.05, 3.63) is 53.6 Å². The second kappa shape index (κ2) is 15.6. The maximum atomic E-state index is 6.19. The molecule has 2 heterocycles. The number of nitrogens with zero attached hydrogens (tertiary/aromatic N) is 3. The Balaban J connectivity index is 1.44. The summed E-state index contributed by atoms with van der Waals surface area (Å²) in [7, 11) is 3.28. The lowest BCUT2D eigenvalue weighted by Crippen LogP contribution is -2.33. The molecular weight excluding hydrogens is 482 g/mol. The molecule has 0 aliphatic carbocycles. The molecule has 3 atom stereocenters. The first-order chi connectivity index (χ1) is 18.7. The van der Waals surface area contributed by atoms with Gasteiger partial charge in [-0.3, -0.25) is 0 Å². The molecule has 0 saturated carbocycles. The van der Waals surface area contributed by atoms with Gasteiger partial charge in [-0.1, -0.05) is 35.5 Å². The van der Waals surface area contributed by atoms with Gasteiger partial charge < -0.3 is 33.6 Å². The first-order valence-electron chi connectivity index (χ1n) is 13.9. The summed E-state index contributed by atoms with van der Waals surface area (Å²) in [4.78, 5) is 11.2. The van der Waals surface area contributed by atoms with Crippen LogP contribution in [0.3, 0.4) is 0 Å². The largest absolute Gasteiger partial charge is 0.493 e. The molecule has 2 aromatic rings. The van der Waals surface area contributed by atoms with E-state index in [0.29, 0.717) is 30.5 Å². The van der Waals surface area contributed by atoms with Gasteiger partial charge in [0.15, 0.2) is 11.5 Å². The summed E-state index contributed by atoms with van der Waals surface area (Å²) in [5, 5.41) is 4.33. The molecule has 0 spiro atoms. The number of ether oxygens (including phenoxy) is 4. The van der Waals surface area contributed by atoms with Crippen molar-refractivity contribution in [2.75, 3.05) is 66.7 Å². The molecule has 0 radical (unpaired) electrons. The highest BCUT2D eigenvalue weighted by atomic mass is 16.6. The maximum absolute atomic E-state index is 6.19. The minimum absolute atomic E-state index is 0.0242. The molecule has 0 amide bonds. The fourth-order valence-corrected chi connectivity index (χ4v) is 5.01. The lowest BCUT2D eigenvalue weighted by atomic mass is 10.1. The fraction of sp³-hybridized carbons (Fsp3) is 0.567. The molecule has 38 heavy (non-hydrogen) atoms. The van der Waals surface area contributed by atoms with E-state index in [2.05, 4.69) is 15.0 Å². The van der Waals surface area contributed by atoms with Gasteiger partial charge in [0.05, 0.1) is 33.6 Å². The molecule has 2 aliphatic rings. The second-order valence-electron chi connectivity index (χ2n) is 9.92. The minimum Gasteiger partial charge on any atom is -0.493 e. The molecule has 208 valence electrons. The van der Waals surface area contributed by atoms with Gasteiger partial charge in [-0.25, -0.2) is 0 Å². The highest BCUT2D eigenvalue weighted by molar-refractivity contribution is 5.78. The van der Waals surface area contributed by atoms with Gasteiger partial charge in [0.2, 0.25) is 5.75 Å². The molecule has 3 unspecified atom stereocenters. The van der Waals surface area contributed by atoms with Crippen molar-refractivity contribution < 1.29 is 23.8 Å². The maximum Gasteiger partial charge on any atom is 0.203 e. The summed E-state index contributed by atoms with van der Waals surface area (Å²) >= 11 is 0. The van der Waals surface area contributed by atoms with Crippen LogP contribution in [-0.4, -0.2) is 88.8 Å². The zero-order chi connectivity index (χ0) is 26.4. The molecule has 0 N–H and O–H groups in total. The SMILES string of the molecule is COc1cc2cc(c1OC)OCCCC(O/N=C/c1ccccc1)CCN1CCCN(CCCOC2)CC1. The third-order valence-electron chi connectivity index (χ3n) is 7.12. The van der Waals surface area contributed by atoms with E-state index in [4.69, 9.17) is 23.8 Å². The van der Waals surface area contributed by atoms with Crippen molar-refractivity contribution >= 4 is 6.21 Å². The Kier molecular flexibility index (Phi) is 11.6.